The van der Waals surface area contributed by atoms with Crippen molar-refractivity contribution in [2.24, 2.45) is 0 Å². The van der Waals surface area contributed by atoms with Gasteiger partial charge in [-0.25, -0.2) is 4.79 Å². The first-order valence-electron chi connectivity index (χ1n) is 6.39. The molecule has 2 aromatic carbocycles. The number of hydrogen-bond donors (Lipinski definition) is 2. The Bertz CT molecular complexity index is 694. The van der Waals surface area contributed by atoms with Crippen molar-refractivity contribution in [2.45, 2.75) is 16.2 Å². The van der Waals surface area contributed by atoms with E-state index in [1.807, 2.05) is 12.1 Å². The van der Waals surface area contributed by atoms with E-state index < -0.39 is 11.9 Å². The van der Waals surface area contributed by atoms with Crippen LogP contribution in [0.1, 0.15) is 15.9 Å². The Balaban J connectivity index is 2.16. The summed E-state index contributed by atoms with van der Waals surface area (Å²) in [6.07, 6.45) is -0.00786. The van der Waals surface area contributed by atoms with Gasteiger partial charge < -0.3 is 14.9 Å². The minimum absolute atomic E-state index is 0.00786. The monoisotopic (exact) mass is 318 g/mol. The van der Waals surface area contributed by atoms with Crippen LogP contribution in [0, 0.1) is 0 Å². The third-order valence-electron chi connectivity index (χ3n) is 2.92. The van der Waals surface area contributed by atoms with Gasteiger partial charge in [-0.15, -0.1) is 0 Å². The van der Waals surface area contributed by atoms with E-state index in [-0.39, 0.29) is 12.0 Å². The van der Waals surface area contributed by atoms with Crippen molar-refractivity contribution in [1.82, 2.24) is 0 Å². The summed E-state index contributed by atoms with van der Waals surface area (Å²) in [5, 5.41) is 17.8. The van der Waals surface area contributed by atoms with Crippen LogP contribution in [0.5, 0.6) is 5.75 Å². The van der Waals surface area contributed by atoms with Crippen molar-refractivity contribution in [1.29, 1.82) is 0 Å². The number of hydrogen-bond acceptors (Lipinski definition) is 4. The molecule has 114 valence electrons. The van der Waals surface area contributed by atoms with Crippen LogP contribution in [-0.4, -0.2) is 29.3 Å². The standard InChI is InChI=1S/C16H14O5S/c1-21-14-9-12(6-7-13(14)16(19)20)22-11-4-2-10(3-5-11)8-15(17)18/h2-7,9H,8H2,1H3,(H,17,18)(H,19,20). The van der Waals surface area contributed by atoms with Crippen molar-refractivity contribution < 1.29 is 24.5 Å². The number of benzene rings is 2. The summed E-state index contributed by atoms with van der Waals surface area (Å²) in [6, 6.07) is 12.1. The van der Waals surface area contributed by atoms with E-state index in [1.54, 1.807) is 24.3 Å². The fraction of sp³-hybridized carbons (Fsp3) is 0.125. The van der Waals surface area contributed by atoms with Crippen LogP contribution >= 0.6 is 11.8 Å². The lowest BCUT2D eigenvalue weighted by atomic mass is 10.2. The van der Waals surface area contributed by atoms with Gasteiger partial charge in [-0.05, 0) is 35.9 Å². The van der Waals surface area contributed by atoms with Gasteiger partial charge in [0.15, 0.2) is 0 Å². The molecule has 0 aliphatic heterocycles. The fourth-order valence-corrected chi connectivity index (χ4v) is 2.74. The van der Waals surface area contributed by atoms with Gasteiger partial charge in [0.1, 0.15) is 11.3 Å². The summed E-state index contributed by atoms with van der Waals surface area (Å²) in [7, 11) is 1.43. The SMILES string of the molecule is COc1cc(Sc2ccc(CC(=O)O)cc2)ccc1C(=O)O. The van der Waals surface area contributed by atoms with Gasteiger partial charge in [-0.2, -0.15) is 0 Å². The fourth-order valence-electron chi connectivity index (χ4n) is 1.90. The molecular formula is C16H14O5S. The van der Waals surface area contributed by atoms with E-state index in [1.165, 1.54) is 24.9 Å². The minimum atomic E-state index is -1.04. The maximum atomic E-state index is 11.0. The van der Waals surface area contributed by atoms with Crippen LogP contribution in [0.2, 0.25) is 0 Å². The summed E-state index contributed by atoms with van der Waals surface area (Å²) in [6.45, 7) is 0. The maximum Gasteiger partial charge on any atom is 0.339 e. The van der Waals surface area contributed by atoms with E-state index in [9.17, 15) is 9.59 Å². The second-order valence-electron chi connectivity index (χ2n) is 4.48. The highest BCUT2D eigenvalue weighted by Gasteiger charge is 2.11. The van der Waals surface area contributed by atoms with Crippen LogP contribution in [0.3, 0.4) is 0 Å². The van der Waals surface area contributed by atoms with Crippen LogP contribution in [0.15, 0.2) is 52.3 Å². The van der Waals surface area contributed by atoms with Crippen LogP contribution in [-0.2, 0) is 11.2 Å². The molecule has 2 rings (SSSR count). The molecule has 0 radical (unpaired) electrons. The summed E-state index contributed by atoms with van der Waals surface area (Å²) >= 11 is 1.44. The molecule has 0 spiro atoms. The van der Waals surface area contributed by atoms with E-state index in [0.717, 1.165) is 15.4 Å². The van der Waals surface area contributed by atoms with Gasteiger partial charge in [0.2, 0.25) is 0 Å². The summed E-state index contributed by atoms with van der Waals surface area (Å²) in [5.41, 5.74) is 0.847. The number of aromatic carboxylic acids is 1. The molecule has 5 nitrogen and oxygen atoms in total. The third-order valence-corrected chi connectivity index (χ3v) is 3.92. The Kier molecular flexibility index (Phi) is 5.06. The predicted octanol–water partition coefficient (Wildman–Crippen LogP) is 3.17. The lowest BCUT2D eigenvalue weighted by molar-refractivity contribution is -0.136. The van der Waals surface area contributed by atoms with Crippen LogP contribution in [0.4, 0.5) is 0 Å². The first-order valence-corrected chi connectivity index (χ1v) is 7.21. The normalized spacial score (nSPS) is 10.2. The molecule has 0 fully saturated rings. The van der Waals surface area contributed by atoms with Crippen molar-refractivity contribution in [3.05, 3.63) is 53.6 Å². The number of carboxylic acids is 2. The Labute approximate surface area is 131 Å². The first-order chi connectivity index (χ1) is 10.5. The highest BCUT2D eigenvalue weighted by atomic mass is 32.2. The predicted molar refractivity (Wildman–Crippen MR) is 81.9 cm³/mol. The third kappa shape index (κ3) is 4.02. The highest BCUT2D eigenvalue weighted by molar-refractivity contribution is 7.99. The molecule has 0 atom stereocenters. The lowest BCUT2D eigenvalue weighted by Crippen LogP contribution is -2.00. The van der Waals surface area contributed by atoms with Gasteiger partial charge in [-0.1, -0.05) is 23.9 Å². The van der Waals surface area contributed by atoms with E-state index in [0.29, 0.717) is 5.75 Å². The molecule has 6 heteroatoms. The van der Waals surface area contributed by atoms with E-state index >= 15 is 0 Å². The smallest absolute Gasteiger partial charge is 0.339 e. The molecule has 0 aromatic heterocycles. The second kappa shape index (κ2) is 7.00. The van der Waals surface area contributed by atoms with Gasteiger partial charge in [0, 0.05) is 9.79 Å². The zero-order chi connectivity index (χ0) is 16.1. The van der Waals surface area contributed by atoms with Crippen molar-refractivity contribution >= 4 is 23.7 Å². The Morgan fingerprint density at radius 1 is 1.05 bits per heavy atom. The Morgan fingerprint density at radius 3 is 2.23 bits per heavy atom. The molecule has 0 aliphatic carbocycles. The van der Waals surface area contributed by atoms with Crippen molar-refractivity contribution in [3.8, 4) is 5.75 Å². The molecule has 2 N–H and O–H groups in total. The number of carbonyl (C=O) groups is 2. The van der Waals surface area contributed by atoms with Gasteiger partial charge >= 0.3 is 11.9 Å². The quantitative estimate of drug-likeness (QED) is 0.851. The lowest BCUT2D eigenvalue weighted by Gasteiger charge is -2.08. The van der Waals surface area contributed by atoms with Crippen molar-refractivity contribution in [2.75, 3.05) is 7.11 Å². The summed E-state index contributed by atoms with van der Waals surface area (Å²) in [5.74, 6) is -1.60. The molecule has 22 heavy (non-hydrogen) atoms. The number of aliphatic carboxylic acids is 1. The molecule has 2 aromatic rings. The van der Waals surface area contributed by atoms with Crippen LogP contribution in [0.25, 0.3) is 0 Å². The molecule has 0 unspecified atom stereocenters. The molecule has 0 bridgehead atoms. The number of rotatable bonds is 6. The van der Waals surface area contributed by atoms with Gasteiger partial charge in [0.05, 0.1) is 13.5 Å². The average Bonchev–Trinajstić information content (AvgIpc) is 2.48. The second-order valence-corrected chi connectivity index (χ2v) is 5.63. The zero-order valence-corrected chi connectivity index (χ0v) is 12.6. The average molecular weight is 318 g/mol. The Hall–Kier alpha value is -2.47. The van der Waals surface area contributed by atoms with Gasteiger partial charge in [-0.3, -0.25) is 4.79 Å². The van der Waals surface area contributed by atoms with Gasteiger partial charge in [0.25, 0.3) is 0 Å². The molecule has 0 heterocycles. The molecule has 0 saturated heterocycles. The number of ether oxygens (including phenoxy) is 1. The zero-order valence-electron chi connectivity index (χ0n) is 11.8. The Morgan fingerprint density at radius 2 is 1.68 bits per heavy atom. The highest BCUT2D eigenvalue weighted by Crippen LogP contribution is 2.32. The molecule has 0 amide bonds. The number of carboxylic acid groups (broad SMARTS) is 2. The maximum absolute atomic E-state index is 11.0. The first kappa shape index (κ1) is 15.9. The minimum Gasteiger partial charge on any atom is -0.496 e. The van der Waals surface area contributed by atoms with E-state index in [4.69, 9.17) is 14.9 Å². The molecular weight excluding hydrogens is 304 g/mol. The van der Waals surface area contributed by atoms with Crippen LogP contribution < -0.4 is 4.74 Å². The number of methoxy groups -OCH3 is 1. The molecule has 0 saturated carbocycles. The van der Waals surface area contributed by atoms with Crippen molar-refractivity contribution in [3.63, 3.8) is 0 Å². The summed E-state index contributed by atoms with van der Waals surface area (Å²) < 4.78 is 5.09. The topological polar surface area (TPSA) is 83.8 Å². The largest absolute Gasteiger partial charge is 0.496 e. The van der Waals surface area contributed by atoms with E-state index in [2.05, 4.69) is 0 Å². The molecule has 0 aliphatic rings. The summed E-state index contributed by atoms with van der Waals surface area (Å²) in [4.78, 5) is 23.4.